The second-order valence-electron chi connectivity index (χ2n) is 1.61. The highest BCUT2D eigenvalue weighted by Gasteiger charge is 2.06. The average Bonchev–Trinajstić information content (AvgIpc) is 1.88. The van der Waals surface area contributed by atoms with Crippen molar-refractivity contribution in [2.24, 2.45) is 5.73 Å². The van der Waals surface area contributed by atoms with Gasteiger partial charge in [-0.25, -0.2) is 0 Å². The normalized spacial score (nSPS) is 11.7. The zero-order chi connectivity index (χ0) is 8.15. The average molecular weight is 156 g/mol. The number of thioether (sulfide) groups is 1. The number of hydrogen-bond acceptors (Lipinski definition) is 3. The maximum Gasteiger partial charge on any atom is 0.260 e. The molecule has 0 heterocycles. The van der Waals surface area contributed by atoms with Crippen LogP contribution < -0.4 is 5.73 Å². The Hall–Kier alpha value is -0.950. The first-order chi connectivity index (χ1) is 4.63. The molecule has 0 rings (SSSR count). The molecule has 0 aromatic heterocycles. The summed E-state index contributed by atoms with van der Waals surface area (Å²) in [5.41, 5.74) is 4.94. The Morgan fingerprint density at radius 1 is 1.70 bits per heavy atom. The number of primary amides is 1. The molecule has 0 bridgehead atoms. The first kappa shape index (κ1) is 9.05. The number of carbonyl (C=O) groups is 1. The summed E-state index contributed by atoms with van der Waals surface area (Å²) in [4.78, 5) is 11.1. The predicted molar refractivity (Wildman–Crippen MR) is 41.0 cm³/mol. The van der Waals surface area contributed by atoms with Gasteiger partial charge in [0, 0.05) is 4.91 Å². The third-order valence-corrected chi connectivity index (χ3v) is 1.83. The van der Waals surface area contributed by atoms with Crippen molar-refractivity contribution in [1.82, 2.24) is 0 Å². The molecule has 0 unspecified atom stereocenters. The first-order valence-electron chi connectivity index (χ1n) is 2.58. The van der Waals surface area contributed by atoms with E-state index in [0.29, 0.717) is 4.91 Å². The summed E-state index contributed by atoms with van der Waals surface area (Å²) in [6.45, 7) is 1.69. The molecule has 0 aliphatic heterocycles. The molecule has 1 amide bonds. The second-order valence-corrected chi connectivity index (χ2v) is 2.63. The van der Waals surface area contributed by atoms with Crippen LogP contribution in [0.15, 0.2) is 10.5 Å². The van der Waals surface area contributed by atoms with E-state index in [4.69, 9.17) is 11.0 Å². The third kappa shape index (κ3) is 2.11. The molecular formula is C6H8N2OS. The van der Waals surface area contributed by atoms with Gasteiger partial charge in [0.05, 0.1) is 0 Å². The molecule has 0 saturated carbocycles. The molecule has 0 radical (unpaired) electrons. The van der Waals surface area contributed by atoms with Crippen LogP contribution in [0.5, 0.6) is 0 Å². The Bertz CT molecular complexity index is 214. The fraction of sp³-hybridized carbons (Fsp3) is 0.333. The molecule has 4 heteroatoms. The Labute approximate surface area is 63.9 Å². The highest BCUT2D eigenvalue weighted by molar-refractivity contribution is 8.02. The molecule has 2 N–H and O–H groups in total. The van der Waals surface area contributed by atoms with Gasteiger partial charge in [-0.15, -0.1) is 11.8 Å². The molecule has 54 valence electrons. The van der Waals surface area contributed by atoms with Gasteiger partial charge >= 0.3 is 0 Å². The van der Waals surface area contributed by atoms with Crippen LogP contribution in [-0.2, 0) is 4.79 Å². The number of nitriles is 1. The third-order valence-electron chi connectivity index (χ3n) is 1.02. The Morgan fingerprint density at radius 2 is 2.20 bits per heavy atom. The number of carbonyl (C=O) groups excluding carboxylic acids is 1. The Balaban J connectivity index is 4.68. The van der Waals surface area contributed by atoms with Crippen molar-refractivity contribution in [2.75, 3.05) is 6.26 Å². The number of allylic oxidation sites excluding steroid dienone is 1. The Morgan fingerprint density at radius 3 is 2.30 bits per heavy atom. The molecule has 10 heavy (non-hydrogen) atoms. The smallest absolute Gasteiger partial charge is 0.260 e. The molecule has 0 saturated heterocycles. The minimum Gasteiger partial charge on any atom is -0.365 e. The topological polar surface area (TPSA) is 66.9 Å². The van der Waals surface area contributed by atoms with Crippen molar-refractivity contribution in [2.45, 2.75) is 6.92 Å². The van der Waals surface area contributed by atoms with Crippen molar-refractivity contribution >= 4 is 17.7 Å². The van der Waals surface area contributed by atoms with Crippen LogP contribution in [0.3, 0.4) is 0 Å². The summed E-state index contributed by atoms with van der Waals surface area (Å²) in [7, 11) is 0. The summed E-state index contributed by atoms with van der Waals surface area (Å²) < 4.78 is 0. The standard InChI is InChI=1S/C6H8N2OS/c1-4(10-2)5(3-7)6(8)9/h1-2H3,(H2,8,9)/b5-4+. The zero-order valence-electron chi connectivity index (χ0n) is 5.84. The first-order valence-corrected chi connectivity index (χ1v) is 3.80. The van der Waals surface area contributed by atoms with Crippen molar-refractivity contribution < 1.29 is 4.79 Å². The largest absolute Gasteiger partial charge is 0.365 e. The van der Waals surface area contributed by atoms with E-state index in [2.05, 4.69) is 0 Å². The van der Waals surface area contributed by atoms with Crippen molar-refractivity contribution in [3.05, 3.63) is 10.5 Å². The second kappa shape index (κ2) is 3.96. The van der Waals surface area contributed by atoms with Gasteiger partial charge in [-0.1, -0.05) is 0 Å². The van der Waals surface area contributed by atoms with E-state index in [1.54, 1.807) is 19.2 Å². The van der Waals surface area contributed by atoms with Gasteiger partial charge in [0.1, 0.15) is 11.6 Å². The van der Waals surface area contributed by atoms with E-state index in [0.717, 1.165) is 0 Å². The summed E-state index contributed by atoms with van der Waals surface area (Å²) in [5.74, 6) is -0.658. The maximum atomic E-state index is 10.5. The van der Waals surface area contributed by atoms with E-state index in [9.17, 15) is 4.79 Å². The fourth-order valence-electron chi connectivity index (χ4n) is 0.409. The summed E-state index contributed by atoms with van der Waals surface area (Å²) >= 11 is 1.34. The lowest BCUT2D eigenvalue weighted by molar-refractivity contribution is -0.114. The van der Waals surface area contributed by atoms with E-state index < -0.39 is 5.91 Å². The van der Waals surface area contributed by atoms with Gasteiger partial charge in [-0.05, 0) is 13.2 Å². The van der Waals surface area contributed by atoms with Crippen LogP contribution in [0.25, 0.3) is 0 Å². The van der Waals surface area contributed by atoms with Gasteiger partial charge in [-0.3, -0.25) is 4.79 Å². The quantitative estimate of drug-likeness (QED) is 0.471. The molecule has 0 aromatic carbocycles. The molecule has 0 spiro atoms. The van der Waals surface area contributed by atoms with Gasteiger partial charge in [0.15, 0.2) is 0 Å². The number of nitrogens with two attached hydrogens (primary N) is 1. The molecule has 3 nitrogen and oxygen atoms in total. The fourth-order valence-corrected chi connectivity index (χ4v) is 0.760. The van der Waals surface area contributed by atoms with Gasteiger partial charge < -0.3 is 5.73 Å². The highest BCUT2D eigenvalue weighted by atomic mass is 32.2. The van der Waals surface area contributed by atoms with Crippen LogP contribution in [0.1, 0.15) is 6.92 Å². The number of nitrogens with zero attached hydrogens (tertiary/aromatic N) is 1. The predicted octanol–water partition coefficient (Wildman–Crippen LogP) is 0.632. The highest BCUT2D eigenvalue weighted by Crippen LogP contribution is 2.14. The molecule has 0 atom stereocenters. The van der Waals surface area contributed by atoms with Crippen LogP contribution in [-0.4, -0.2) is 12.2 Å². The lowest BCUT2D eigenvalue weighted by Crippen LogP contribution is -2.13. The molecule has 0 aromatic rings. The van der Waals surface area contributed by atoms with Crippen molar-refractivity contribution in [1.29, 1.82) is 5.26 Å². The monoisotopic (exact) mass is 156 g/mol. The number of hydrogen-bond donors (Lipinski definition) is 1. The molecular weight excluding hydrogens is 148 g/mol. The summed E-state index contributed by atoms with van der Waals surface area (Å²) in [5, 5.41) is 8.38. The van der Waals surface area contributed by atoms with Crippen LogP contribution in [0, 0.1) is 11.3 Å². The lowest BCUT2D eigenvalue weighted by atomic mass is 10.3. The van der Waals surface area contributed by atoms with E-state index in [1.807, 2.05) is 0 Å². The van der Waals surface area contributed by atoms with Crippen molar-refractivity contribution in [3.8, 4) is 6.07 Å². The SMILES string of the molecule is CS/C(C)=C(\C#N)C(N)=O. The van der Waals surface area contributed by atoms with Crippen LogP contribution in [0.2, 0.25) is 0 Å². The van der Waals surface area contributed by atoms with Crippen LogP contribution >= 0.6 is 11.8 Å². The van der Waals surface area contributed by atoms with Gasteiger partial charge in [-0.2, -0.15) is 5.26 Å². The van der Waals surface area contributed by atoms with E-state index in [1.165, 1.54) is 11.8 Å². The summed E-state index contributed by atoms with van der Waals surface area (Å²) in [6.07, 6.45) is 1.79. The van der Waals surface area contributed by atoms with E-state index >= 15 is 0 Å². The van der Waals surface area contributed by atoms with Crippen LogP contribution in [0.4, 0.5) is 0 Å². The molecule has 0 aliphatic rings. The zero-order valence-corrected chi connectivity index (χ0v) is 6.66. The Kier molecular flexibility index (Phi) is 3.59. The van der Waals surface area contributed by atoms with Crippen molar-refractivity contribution in [3.63, 3.8) is 0 Å². The number of rotatable bonds is 2. The van der Waals surface area contributed by atoms with E-state index in [-0.39, 0.29) is 5.57 Å². The lowest BCUT2D eigenvalue weighted by Gasteiger charge is -1.95. The van der Waals surface area contributed by atoms with Gasteiger partial charge in [0.2, 0.25) is 0 Å². The molecule has 0 aliphatic carbocycles. The van der Waals surface area contributed by atoms with Gasteiger partial charge in [0.25, 0.3) is 5.91 Å². The minimum absolute atomic E-state index is 0.0486. The molecule has 0 fully saturated rings. The minimum atomic E-state index is -0.658. The maximum absolute atomic E-state index is 10.5. The summed E-state index contributed by atoms with van der Waals surface area (Å²) in [6, 6.07) is 1.74. The number of amides is 1.